The molecule has 10 heteroatoms. The number of thioether (sulfide) groups is 1. The Kier molecular flexibility index (Phi) is 6.25. The maximum atomic E-state index is 13.5. The Morgan fingerprint density at radius 2 is 2.04 bits per heavy atom. The molecule has 0 unspecified atom stereocenters. The summed E-state index contributed by atoms with van der Waals surface area (Å²) in [5, 5.41) is 14.6. The lowest BCUT2D eigenvalue weighted by molar-refractivity contribution is -0.113. The number of anilines is 3. The first-order chi connectivity index (χ1) is 12.9. The summed E-state index contributed by atoms with van der Waals surface area (Å²) >= 11 is 8.50. The molecular formula is C17H13ClF2N4OS2. The third kappa shape index (κ3) is 5.38. The Labute approximate surface area is 167 Å². The Balaban J connectivity index is 1.55. The van der Waals surface area contributed by atoms with Crippen LogP contribution in [-0.4, -0.2) is 21.9 Å². The van der Waals surface area contributed by atoms with Crippen molar-refractivity contribution in [1.29, 1.82) is 0 Å². The van der Waals surface area contributed by atoms with Gasteiger partial charge in [0.2, 0.25) is 11.0 Å². The Hall–Kier alpha value is -2.23. The molecule has 140 valence electrons. The normalized spacial score (nSPS) is 10.7. The van der Waals surface area contributed by atoms with Crippen LogP contribution in [0.5, 0.6) is 0 Å². The first kappa shape index (κ1) is 19.5. The van der Waals surface area contributed by atoms with Gasteiger partial charge in [-0.1, -0.05) is 40.8 Å². The molecule has 27 heavy (non-hydrogen) atoms. The molecule has 3 aromatic rings. The highest BCUT2D eigenvalue weighted by Gasteiger charge is 2.11. The third-order valence-electron chi connectivity index (χ3n) is 3.36. The quantitative estimate of drug-likeness (QED) is 0.527. The van der Waals surface area contributed by atoms with Gasteiger partial charge in [0.05, 0.1) is 11.4 Å². The number of nitrogens with zero attached hydrogens (tertiary/aromatic N) is 2. The topological polar surface area (TPSA) is 66.9 Å². The summed E-state index contributed by atoms with van der Waals surface area (Å²) < 4.78 is 27.2. The SMILES string of the molecule is Cc1ccc(Nc2nnc(SCC(=O)Nc3cc(F)ccc3F)s2)cc1Cl. The smallest absolute Gasteiger partial charge is 0.234 e. The third-order valence-corrected chi connectivity index (χ3v) is 5.74. The van der Waals surface area contributed by atoms with Crippen molar-refractivity contribution >= 4 is 57.1 Å². The summed E-state index contributed by atoms with van der Waals surface area (Å²) in [6, 6.07) is 8.41. The summed E-state index contributed by atoms with van der Waals surface area (Å²) in [6.45, 7) is 1.91. The number of halogens is 3. The highest BCUT2D eigenvalue weighted by molar-refractivity contribution is 8.01. The van der Waals surface area contributed by atoms with E-state index in [-0.39, 0.29) is 11.4 Å². The summed E-state index contributed by atoms with van der Waals surface area (Å²) in [4.78, 5) is 11.9. The van der Waals surface area contributed by atoms with Crippen LogP contribution in [0.2, 0.25) is 5.02 Å². The molecule has 0 aliphatic heterocycles. The van der Waals surface area contributed by atoms with Crippen LogP contribution in [0.15, 0.2) is 40.7 Å². The van der Waals surface area contributed by atoms with Gasteiger partial charge in [-0.15, -0.1) is 10.2 Å². The second-order valence-corrected chi connectivity index (χ2v) is 8.03. The van der Waals surface area contributed by atoms with Crippen LogP contribution in [-0.2, 0) is 4.79 Å². The maximum Gasteiger partial charge on any atom is 0.234 e. The van der Waals surface area contributed by atoms with E-state index in [1.54, 1.807) is 6.07 Å². The molecule has 2 N–H and O–H groups in total. The van der Waals surface area contributed by atoms with E-state index in [0.717, 1.165) is 41.2 Å². The second-order valence-electron chi connectivity index (χ2n) is 5.42. The number of benzene rings is 2. The van der Waals surface area contributed by atoms with Crippen molar-refractivity contribution < 1.29 is 13.6 Å². The lowest BCUT2D eigenvalue weighted by Crippen LogP contribution is -2.15. The van der Waals surface area contributed by atoms with E-state index in [1.807, 2.05) is 19.1 Å². The average Bonchev–Trinajstić information content (AvgIpc) is 3.07. The zero-order valence-corrected chi connectivity index (χ0v) is 16.3. The van der Waals surface area contributed by atoms with Crippen LogP contribution in [0, 0.1) is 18.6 Å². The van der Waals surface area contributed by atoms with Crippen molar-refractivity contribution in [2.24, 2.45) is 0 Å². The lowest BCUT2D eigenvalue weighted by atomic mass is 10.2. The Morgan fingerprint density at radius 3 is 2.81 bits per heavy atom. The van der Waals surface area contributed by atoms with Crippen molar-refractivity contribution in [2.45, 2.75) is 11.3 Å². The molecule has 3 rings (SSSR count). The van der Waals surface area contributed by atoms with Gasteiger partial charge in [-0.2, -0.15) is 0 Å². The molecule has 0 saturated carbocycles. The molecular weight excluding hydrogens is 414 g/mol. The molecule has 1 aromatic heterocycles. The standard InChI is InChI=1S/C17H13ClF2N4OS2/c1-9-2-4-11(7-12(9)18)21-16-23-24-17(27-16)26-8-15(25)22-14-6-10(19)3-5-13(14)20/h2-7H,8H2,1H3,(H,21,23)(H,22,25). The molecule has 5 nitrogen and oxygen atoms in total. The number of hydrogen-bond donors (Lipinski definition) is 2. The van der Waals surface area contributed by atoms with E-state index < -0.39 is 17.5 Å². The van der Waals surface area contributed by atoms with Gasteiger partial charge in [-0.3, -0.25) is 4.79 Å². The fourth-order valence-electron chi connectivity index (χ4n) is 2.02. The molecule has 0 radical (unpaired) electrons. The number of aromatic nitrogens is 2. The fraction of sp³-hybridized carbons (Fsp3) is 0.118. The van der Waals surface area contributed by atoms with Crippen molar-refractivity contribution in [3.8, 4) is 0 Å². The van der Waals surface area contributed by atoms with E-state index >= 15 is 0 Å². The van der Waals surface area contributed by atoms with Crippen LogP contribution in [0.4, 0.5) is 25.3 Å². The van der Waals surface area contributed by atoms with Gasteiger partial charge in [0.15, 0.2) is 4.34 Å². The average molecular weight is 427 g/mol. The van der Waals surface area contributed by atoms with Crippen LogP contribution >= 0.6 is 34.7 Å². The molecule has 0 bridgehead atoms. The molecule has 2 aromatic carbocycles. The largest absolute Gasteiger partial charge is 0.330 e. The fourth-order valence-corrected chi connectivity index (χ4v) is 3.77. The zero-order valence-electron chi connectivity index (χ0n) is 13.9. The van der Waals surface area contributed by atoms with Gasteiger partial charge in [0.25, 0.3) is 0 Å². The summed E-state index contributed by atoms with van der Waals surface area (Å²) in [5.74, 6) is -1.81. The van der Waals surface area contributed by atoms with Crippen LogP contribution in [0.3, 0.4) is 0 Å². The molecule has 1 heterocycles. The van der Waals surface area contributed by atoms with E-state index in [0.29, 0.717) is 14.5 Å². The number of carbonyl (C=O) groups is 1. The molecule has 0 saturated heterocycles. The van der Waals surface area contributed by atoms with Crippen LogP contribution < -0.4 is 10.6 Å². The minimum Gasteiger partial charge on any atom is -0.330 e. The monoisotopic (exact) mass is 426 g/mol. The number of carbonyl (C=O) groups excluding carboxylic acids is 1. The Bertz CT molecular complexity index is 983. The predicted octanol–water partition coefficient (Wildman–Crippen LogP) is 5.25. The predicted molar refractivity (Wildman–Crippen MR) is 105 cm³/mol. The number of hydrogen-bond acceptors (Lipinski definition) is 6. The van der Waals surface area contributed by atoms with Gasteiger partial charge in [-0.25, -0.2) is 8.78 Å². The molecule has 0 aliphatic carbocycles. The highest BCUT2D eigenvalue weighted by atomic mass is 35.5. The minimum absolute atomic E-state index is 0.0129. The van der Waals surface area contributed by atoms with E-state index in [9.17, 15) is 13.6 Å². The highest BCUT2D eigenvalue weighted by Crippen LogP contribution is 2.29. The van der Waals surface area contributed by atoms with Gasteiger partial charge in [0, 0.05) is 16.8 Å². The summed E-state index contributed by atoms with van der Waals surface area (Å²) in [5.41, 5.74) is 1.55. The zero-order chi connectivity index (χ0) is 19.4. The second kappa shape index (κ2) is 8.64. The first-order valence-corrected chi connectivity index (χ1v) is 9.83. The maximum absolute atomic E-state index is 13.5. The minimum atomic E-state index is -0.700. The van der Waals surface area contributed by atoms with Crippen LogP contribution in [0.25, 0.3) is 0 Å². The van der Waals surface area contributed by atoms with Gasteiger partial charge < -0.3 is 10.6 Å². The molecule has 0 atom stereocenters. The molecule has 0 fully saturated rings. The molecule has 0 aliphatic rings. The van der Waals surface area contributed by atoms with E-state index in [1.165, 1.54) is 11.3 Å². The van der Waals surface area contributed by atoms with Crippen molar-refractivity contribution in [3.05, 3.63) is 58.6 Å². The Morgan fingerprint density at radius 1 is 1.22 bits per heavy atom. The number of aryl methyl sites for hydroxylation is 1. The van der Waals surface area contributed by atoms with Gasteiger partial charge in [0.1, 0.15) is 11.6 Å². The van der Waals surface area contributed by atoms with E-state index in [2.05, 4.69) is 20.8 Å². The number of nitrogens with one attached hydrogen (secondary N) is 2. The summed E-state index contributed by atoms with van der Waals surface area (Å²) in [7, 11) is 0. The van der Waals surface area contributed by atoms with Crippen molar-refractivity contribution in [3.63, 3.8) is 0 Å². The summed E-state index contributed by atoms with van der Waals surface area (Å²) in [6.07, 6.45) is 0. The molecule has 1 amide bonds. The van der Waals surface area contributed by atoms with Crippen molar-refractivity contribution in [2.75, 3.05) is 16.4 Å². The van der Waals surface area contributed by atoms with Crippen LogP contribution in [0.1, 0.15) is 5.56 Å². The van der Waals surface area contributed by atoms with Crippen molar-refractivity contribution in [1.82, 2.24) is 10.2 Å². The lowest BCUT2D eigenvalue weighted by Gasteiger charge is -2.05. The molecule has 0 spiro atoms. The van der Waals surface area contributed by atoms with Gasteiger partial charge >= 0.3 is 0 Å². The number of rotatable bonds is 6. The first-order valence-electron chi connectivity index (χ1n) is 7.65. The number of amides is 1. The van der Waals surface area contributed by atoms with Gasteiger partial charge in [-0.05, 0) is 36.8 Å². The van der Waals surface area contributed by atoms with E-state index in [4.69, 9.17) is 11.6 Å².